The standard InChI is InChI=1S/C25H28N4O2/c1-16-10-17(2)27-25(26-16)29-13-19-11-28(12-20(19)14-29)23(15-30)22-9-8-18-6-4-5-7-21(18)24(22)31-3/h4-10,15,19-20,23H,11-14H2,1-3H3. The third-order valence-electron chi connectivity index (χ3n) is 6.72. The number of methoxy groups -OCH3 is 1. The molecule has 3 aromatic rings. The predicted octanol–water partition coefficient (Wildman–Crippen LogP) is 3.56. The summed E-state index contributed by atoms with van der Waals surface area (Å²) in [5.41, 5.74) is 2.96. The molecule has 3 unspecified atom stereocenters. The lowest BCUT2D eigenvalue weighted by Crippen LogP contribution is -2.33. The fourth-order valence-corrected chi connectivity index (χ4v) is 5.35. The third-order valence-corrected chi connectivity index (χ3v) is 6.72. The predicted molar refractivity (Wildman–Crippen MR) is 122 cm³/mol. The highest BCUT2D eigenvalue weighted by molar-refractivity contribution is 5.90. The molecule has 6 heteroatoms. The Hall–Kier alpha value is -2.99. The first-order valence-corrected chi connectivity index (χ1v) is 10.9. The number of aldehydes is 1. The average Bonchev–Trinajstić information content (AvgIpc) is 3.33. The van der Waals surface area contributed by atoms with Crippen molar-refractivity contribution >= 4 is 23.0 Å². The molecule has 5 rings (SSSR count). The summed E-state index contributed by atoms with van der Waals surface area (Å²) in [5, 5.41) is 2.17. The molecule has 1 aromatic heterocycles. The Bertz CT molecular complexity index is 1100. The molecule has 2 fully saturated rings. The molecule has 0 bridgehead atoms. The van der Waals surface area contributed by atoms with Gasteiger partial charge in [-0.15, -0.1) is 0 Å². The molecule has 2 saturated heterocycles. The van der Waals surface area contributed by atoms with E-state index >= 15 is 0 Å². The van der Waals surface area contributed by atoms with Gasteiger partial charge in [-0.05, 0) is 37.1 Å². The fraction of sp³-hybridized carbons (Fsp3) is 0.400. The lowest BCUT2D eigenvalue weighted by atomic mass is 9.99. The molecule has 6 nitrogen and oxygen atoms in total. The van der Waals surface area contributed by atoms with Crippen LogP contribution in [0.2, 0.25) is 0 Å². The highest BCUT2D eigenvalue weighted by atomic mass is 16.5. The van der Waals surface area contributed by atoms with Gasteiger partial charge in [-0.1, -0.05) is 36.4 Å². The zero-order chi connectivity index (χ0) is 21.5. The number of likely N-dealkylation sites (tertiary alicyclic amines) is 1. The summed E-state index contributed by atoms with van der Waals surface area (Å²) in [4.78, 5) is 26.2. The molecule has 0 saturated carbocycles. The number of rotatable bonds is 5. The van der Waals surface area contributed by atoms with E-state index in [1.54, 1.807) is 7.11 Å². The van der Waals surface area contributed by atoms with Gasteiger partial charge >= 0.3 is 0 Å². The Morgan fingerprint density at radius 1 is 1.00 bits per heavy atom. The Morgan fingerprint density at radius 2 is 1.68 bits per heavy atom. The highest BCUT2D eigenvalue weighted by Crippen LogP contribution is 2.40. The first-order chi connectivity index (χ1) is 15.1. The minimum atomic E-state index is -0.295. The minimum absolute atomic E-state index is 0.295. The Balaban J connectivity index is 1.37. The van der Waals surface area contributed by atoms with E-state index in [0.29, 0.717) is 11.8 Å². The van der Waals surface area contributed by atoms with E-state index in [4.69, 9.17) is 4.74 Å². The SMILES string of the molecule is COc1c(C(C=O)N2CC3CN(c4nc(C)cc(C)n4)CC3C2)ccc2ccccc12. The van der Waals surface area contributed by atoms with Gasteiger partial charge in [-0.2, -0.15) is 0 Å². The number of ether oxygens (including phenoxy) is 1. The second-order valence-corrected chi connectivity index (χ2v) is 8.82. The summed E-state index contributed by atoms with van der Waals surface area (Å²) < 4.78 is 5.78. The van der Waals surface area contributed by atoms with Gasteiger partial charge in [0.05, 0.1) is 13.2 Å². The third kappa shape index (κ3) is 3.55. The molecule has 2 aromatic carbocycles. The maximum absolute atomic E-state index is 12.2. The lowest BCUT2D eigenvalue weighted by molar-refractivity contribution is -0.112. The normalized spacial score (nSPS) is 22.0. The van der Waals surface area contributed by atoms with Gasteiger partial charge < -0.3 is 14.4 Å². The summed E-state index contributed by atoms with van der Waals surface area (Å²) in [6, 6.07) is 14.0. The molecule has 2 aliphatic rings. The zero-order valence-corrected chi connectivity index (χ0v) is 18.3. The van der Waals surface area contributed by atoms with Crippen molar-refractivity contribution in [3.63, 3.8) is 0 Å². The monoisotopic (exact) mass is 416 g/mol. The first-order valence-electron chi connectivity index (χ1n) is 10.9. The summed E-state index contributed by atoms with van der Waals surface area (Å²) in [6.07, 6.45) is 1.07. The van der Waals surface area contributed by atoms with Gasteiger partial charge in [-0.3, -0.25) is 4.90 Å². The van der Waals surface area contributed by atoms with Crippen LogP contribution in [0.3, 0.4) is 0 Å². The second-order valence-electron chi connectivity index (χ2n) is 8.82. The number of benzene rings is 2. The van der Waals surface area contributed by atoms with E-state index in [9.17, 15) is 4.79 Å². The van der Waals surface area contributed by atoms with Gasteiger partial charge in [-0.25, -0.2) is 9.97 Å². The lowest BCUT2D eigenvalue weighted by Gasteiger charge is -2.27. The summed E-state index contributed by atoms with van der Waals surface area (Å²) in [6.45, 7) is 7.69. The summed E-state index contributed by atoms with van der Waals surface area (Å²) in [5.74, 6) is 2.66. The Labute approximate surface area is 182 Å². The van der Waals surface area contributed by atoms with Crippen LogP contribution < -0.4 is 9.64 Å². The van der Waals surface area contributed by atoms with Crippen molar-refractivity contribution in [3.05, 3.63) is 59.4 Å². The van der Waals surface area contributed by atoms with E-state index in [2.05, 4.69) is 38.0 Å². The fourth-order valence-electron chi connectivity index (χ4n) is 5.35. The topological polar surface area (TPSA) is 58.6 Å². The van der Waals surface area contributed by atoms with Crippen LogP contribution >= 0.6 is 0 Å². The number of anilines is 1. The van der Waals surface area contributed by atoms with Crippen LogP contribution in [0.15, 0.2) is 42.5 Å². The summed E-state index contributed by atoms with van der Waals surface area (Å²) >= 11 is 0. The Morgan fingerprint density at radius 3 is 2.32 bits per heavy atom. The first kappa shape index (κ1) is 19.9. The molecule has 0 aliphatic carbocycles. The molecule has 0 spiro atoms. The van der Waals surface area contributed by atoms with Crippen molar-refractivity contribution < 1.29 is 9.53 Å². The molecule has 0 amide bonds. The van der Waals surface area contributed by atoms with Crippen LogP contribution in [0.4, 0.5) is 5.95 Å². The maximum atomic E-state index is 12.2. The zero-order valence-electron chi connectivity index (χ0n) is 18.3. The minimum Gasteiger partial charge on any atom is -0.496 e. The molecular weight excluding hydrogens is 388 g/mol. The number of nitrogens with zero attached hydrogens (tertiary/aromatic N) is 4. The van der Waals surface area contributed by atoms with Crippen molar-refractivity contribution in [1.82, 2.24) is 14.9 Å². The van der Waals surface area contributed by atoms with E-state index < -0.39 is 0 Å². The maximum Gasteiger partial charge on any atom is 0.225 e. The molecule has 3 heterocycles. The van der Waals surface area contributed by atoms with Crippen LogP contribution in [0.5, 0.6) is 5.75 Å². The molecular formula is C25H28N4O2. The molecule has 160 valence electrons. The number of carbonyl (C=O) groups excluding carboxylic acids is 1. The number of aromatic nitrogens is 2. The van der Waals surface area contributed by atoms with Crippen LogP contribution in [-0.2, 0) is 4.79 Å². The molecule has 0 radical (unpaired) electrons. The van der Waals surface area contributed by atoms with E-state index in [1.807, 2.05) is 38.1 Å². The molecule has 2 aliphatic heterocycles. The number of carbonyl (C=O) groups is 1. The van der Waals surface area contributed by atoms with E-state index in [0.717, 1.165) is 71.9 Å². The van der Waals surface area contributed by atoms with Crippen molar-refractivity contribution in [3.8, 4) is 5.75 Å². The van der Waals surface area contributed by atoms with Gasteiger partial charge in [0, 0.05) is 48.5 Å². The summed E-state index contributed by atoms with van der Waals surface area (Å²) in [7, 11) is 1.69. The van der Waals surface area contributed by atoms with Gasteiger partial charge in [0.2, 0.25) is 5.95 Å². The van der Waals surface area contributed by atoms with Gasteiger partial charge in [0.1, 0.15) is 12.0 Å². The van der Waals surface area contributed by atoms with Gasteiger partial charge in [0.15, 0.2) is 0 Å². The number of fused-ring (bicyclic) bond motifs is 2. The molecule has 3 atom stereocenters. The highest BCUT2D eigenvalue weighted by Gasteiger charge is 2.43. The quantitative estimate of drug-likeness (QED) is 0.593. The van der Waals surface area contributed by atoms with Crippen molar-refractivity contribution in [1.29, 1.82) is 0 Å². The van der Waals surface area contributed by atoms with E-state index in [1.165, 1.54) is 0 Å². The van der Waals surface area contributed by atoms with E-state index in [-0.39, 0.29) is 6.04 Å². The van der Waals surface area contributed by atoms with Crippen molar-refractivity contribution in [2.45, 2.75) is 19.9 Å². The van der Waals surface area contributed by atoms with Crippen LogP contribution in [0, 0.1) is 25.7 Å². The van der Waals surface area contributed by atoms with Crippen molar-refractivity contribution in [2.24, 2.45) is 11.8 Å². The molecule has 31 heavy (non-hydrogen) atoms. The van der Waals surface area contributed by atoms with Crippen molar-refractivity contribution in [2.75, 3.05) is 38.2 Å². The average molecular weight is 417 g/mol. The molecule has 0 N–H and O–H groups in total. The van der Waals surface area contributed by atoms with Crippen LogP contribution in [0.1, 0.15) is 23.0 Å². The smallest absolute Gasteiger partial charge is 0.225 e. The number of aryl methyl sites for hydroxylation is 2. The van der Waals surface area contributed by atoms with Crippen LogP contribution in [0.25, 0.3) is 10.8 Å². The number of hydrogen-bond donors (Lipinski definition) is 0. The number of hydrogen-bond acceptors (Lipinski definition) is 6. The Kier molecular flexibility index (Phi) is 5.10. The second kappa shape index (κ2) is 7.93. The van der Waals surface area contributed by atoms with Crippen LogP contribution in [-0.4, -0.2) is 54.4 Å². The largest absolute Gasteiger partial charge is 0.496 e. The van der Waals surface area contributed by atoms with Gasteiger partial charge in [0.25, 0.3) is 0 Å².